The van der Waals surface area contributed by atoms with E-state index in [0.29, 0.717) is 5.92 Å². The Morgan fingerprint density at radius 3 is 0.897 bits per heavy atom. The first-order valence-corrected chi connectivity index (χ1v) is 26.9. The molecule has 0 saturated carbocycles. The lowest BCUT2D eigenvalue weighted by Gasteiger charge is -2.29. The third kappa shape index (κ3) is 44.9. The lowest BCUT2D eigenvalue weighted by atomic mass is 9.87. The van der Waals surface area contributed by atoms with E-state index >= 15 is 0 Å². The molecule has 3 heteroatoms. The number of allylic oxidation sites excluding steroid dienone is 4. The Labute approximate surface area is 366 Å². The van der Waals surface area contributed by atoms with Crippen LogP contribution < -0.4 is 0 Å². The fourth-order valence-electron chi connectivity index (χ4n) is 8.75. The molecule has 0 aliphatic rings. The van der Waals surface area contributed by atoms with Crippen LogP contribution in [0.4, 0.5) is 0 Å². The van der Waals surface area contributed by atoms with Crippen molar-refractivity contribution in [3.8, 4) is 0 Å². The van der Waals surface area contributed by atoms with E-state index in [9.17, 15) is 10.2 Å². The van der Waals surface area contributed by atoms with Crippen molar-refractivity contribution in [2.75, 3.05) is 13.2 Å². The molecule has 0 bridgehead atoms. The zero-order valence-electron chi connectivity index (χ0n) is 40.2. The molecule has 0 aromatic carbocycles. The van der Waals surface area contributed by atoms with Gasteiger partial charge in [-0.05, 0) is 76.5 Å². The Kier molecular flexibility index (Phi) is 50.2. The van der Waals surface area contributed by atoms with Gasteiger partial charge in [0.25, 0.3) is 0 Å². The zero-order valence-corrected chi connectivity index (χ0v) is 40.2. The van der Waals surface area contributed by atoms with Crippen molar-refractivity contribution in [3.63, 3.8) is 0 Å². The fourth-order valence-corrected chi connectivity index (χ4v) is 8.75. The van der Waals surface area contributed by atoms with Crippen LogP contribution in [0.15, 0.2) is 24.3 Å². The Hall–Kier alpha value is -0.640. The quantitative estimate of drug-likeness (QED) is 0.0475. The maximum Gasteiger partial charge on any atom is 0.100 e. The summed E-state index contributed by atoms with van der Waals surface area (Å²) in [5, 5.41) is 19.8. The lowest BCUT2D eigenvalue weighted by Crippen LogP contribution is -2.30. The van der Waals surface area contributed by atoms with Gasteiger partial charge in [-0.25, -0.2) is 0 Å². The van der Waals surface area contributed by atoms with E-state index < -0.39 is 6.10 Å². The summed E-state index contributed by atoms with van der Waals surface area (Å²) in [5.41, 5.74) is 0. The van der Waals surface area contributed by atoms with Crippen LogP contribution in [0.5, 0.6) is 0 Å². The monoisotopic (exact) mass is 817 g/mol. The number of ether oxygens (including phenoxy) is 1. The summed E-state index contributed by atoms with van der Waals surface area (Å²) in [6.07, 6.45) is 67.2. The summed E-state index contributed by atoms with van der Waals surface area (Å²) >= 11 is 0. The molecule has 0 aliphatic heterocycles. The first-order chi connectivity index (χ1) is 28.7. The molecule has 0 amide bonds. The average Bonchev–Trinajstić information content (AvgIpc) is 3.23. The SMILES string of the molecule is CCCCCCCC/C=C\CCCCCCCCCC(CCCCCCCC/C=C\CCCCCCCC)C(CCCCCCCCCCCCC)OCC(O)CO. The molecule has 0 radical (unpaired) electrons. The molecule has 0 aromatic rings. The molecule has 0 heterocycles. The van der Waals surface area contributed by atoms with Gasteiger partial charge in [0.2, 0.25) is 0 Å². The maximum atomic E-state index is 10.2. The van der Waals surface area contributed by atoms with E-state index in [1.165, 1.54) is 270 Å². The van der Waals surface area contributed by atoms with Gasteiger partial charge in [0.1, 0.15) is 6.10 Å². The number of aliphatic hydroxyl groups is 2. The second-order valence-electron chi connectivity index (χ2n) is 18.6. The van der Waals surface area contributed by atoms with Crippen molar-refractivity contribution in [1.82, 2.24) is 0 Å². The van der Waals surface area contributed by atoms with Gasteiger partial charge >= 0.3 is 0 Å². The van der Waals surface area contributed by atoms with Gasteiger partial charge in [0, 0.05) is 0 Å². The van der Waals surface area contributed by atoms with Crippen molar-refractivity contribution >= 4 is 0 Å². The minimum atomic E-state index is -0.762. The van der Waals surface area contributed by atoms with Gasteiger partial charge in [-0.3, -0.25) is 0 Å². The van der Waals surface area contributed by atoms with E-state index in [-0.39, 0.29) is 19.3 Å². The highest BCUT2D eigenvalue weighted by Crippen LogP contribution is 2.28. The number of rotatable bonds is 50. The second-order valence-corrected chi connectivity index (χ2v) is 18.6. The second kappa shape index (κ2) is 50.7. The normalized spacial score (nSPS) is 13.7. The Morgan fingerprint density at radius 1 is 0.345 bits per heavy atom. The predicted molar refractivity (Wildman–Crippen MR) is 260 cm³/mol. The van der Waals surface area contributed by atoms with Crippen LogP contribution in [0.2, 0.25) is 0 Å². The standard InChI is InChI=1S/C55H108O3/c1-4-7-10-13-16-19-22-24-26-28-30-32-35-37-40-43-46-49-53(48-45-42-39-36-34-31-29-27-25-23-20-17-14-11-8-5-2)55(58-52-54(57)51-56)50-47-44-41-38-33-21-18-15-12-9-6-3/h24-27,53-57H,4-23,28-52H2,1-3H3/b26-24-,27-25-. The third-order valence-corrected chi connectivity index (χ3v) is 12.8. The largest absolute Gasteiger partial charge is 0.394 e. The number of unbranched alkanes of at least 4 members (excludes halogenated alkanes) is 35. The molecule has 0 fully saturated rings. The summed E-state index contributed by atoms with van der Waals surface area (Å²) in [6.45, 7) is 6.95. The van der Waals surface area contributed by atoms with Gasteiger partial charge in [0.15, 0.2) is 0 Å². The van der Waals surface area contributed by atoms with E-state index in [2.05, 4.69) is 45.1 Å². The van der Waals surface area contributed by atoms with Crippen molar-refractivity contribution in [1.29, 1.82) is 0 Å². The summed E-state index contributed by atoms with van der Waals surface area (Å²) in [5.74, 6) is 0.578. The summed E-state index contributed by atoms with van der Waals surface area (Å²) < 4.78 is 6.49. The van der Waals surface area contributed by atoms with Gasteiger partial charge in [-0.15, -0.1) is 0 Å². The molecule has 3 atom stereocenters. The Balaban J connectivity index is 4.61. The van der Waals surface area contributed by atoms with Crippen molar-refractivity contribution in [3.05, 3.63) is 24.3 Å². The fraction of sp³-hybridized carbons (Fsp3) is 0.927. The third-order valence-electron chi connectivity index (χ3n) is 12.8. The van der Waals surface area contributed by atoms with Crippen LogP contribution in [0.3, 0.4) is 0 Å². The average molecular weight is 817 g/mol. The smallest absolute Gasteiger partial charge is 0.100 e. The molecule has 0 aromatic heterocycles. The van der Waals surface area contributed by atoms with Crippen LogP contribution in [0.1, 0.15) is 297 Å². The molecule has 0 spiro atoms. The van der Waals surface area contributed by atoms with Gasteiger partial charge < -0.3 is 14.9 Å². The molecular formula is C55H108O3. The van der Waals surface area contributed by atoms with E-state index in [1.807, 2.05) is 0 Å². The van der Waals surface area contributed by atoms with Gasteiger partial charge in [-0.1, -0.05) is 251 Å². The maximum absolute atomic E-state index is 10.2. The molecule has 0 rings (SSSR count). The van der Waals surface area contributed by atoms with E-state index in [0.717, 1.165) is 6.42 Å². The Bertz CT molecular complexity index is 792. The van der Waals surface area contributed by atoms with Crippen molar-refractivity contribution < 1.29 is 14.9 Å². The predicted octanol–water partition coefficient (Wildman–Crippen LogP) is 18.3. The molecule has 3 nitrogen and oxygen atoms in total. The Morgan fingerprint density at radius 2 is 0.603 bits per heavy atom. The molecule has 3 unspecified atom stereocenters. The number of aliphatic hydroxyl groups excluding tert-OH is 2. The van der Waals surface area contributed by atoms with Crippen molar-refractivity contribution in [2.24, 2.45) is 5.92 Å². The molecule has 2 N–H and O–H groups in total. The lowest BCUT2D eigenvalue weighted by molar-refractivity contribution is -0.0561. The van der Waals surface area contributed by atoms with Crippen LogP contribution in [-0.4, -0.2) is 35.6 Å². The zero-order chi connectivity index (χ0) is 42.1. The minimum absolute atomic E-state index is 0.208. The van der Waals surface area contributed by atoms with Gasteiger partial charge in [0.05, 0.1) is 19.3 Å². The summed E-state index contributed by atoms with van der Waals surface area (Å²) in [4.78, 5) is 0. The highest BCUT2D eigenvalue weighted by molar-refractivity contribution is 4.82. The number of hydrogen-bond acceptors (Lipinski definition) is 3. The van der Waals surface area contributed by atoms with E-state index in [4.69, 9.17) is 4.74 Å². The van der Waals surface area contributed by atoms with Gasteiger partial charge in [-0.2, -0.15) is 0 Å². The molecule has 346 valence electrons. The van der Waals surface area contributed by atoms with Crippen molar-refractivity contribution in [2.45, 2.75) is 309 Å². The van der Waals surface area contributed by atoms with Crippen LogP contribution >= 0.6 is 0 Å². The molecule has 0 saturated heterocycles. The molecule has 0 aliphatic carbocycles. The summed E-state index contributed by atoms with van der Waals surface area (Å²) in [7, 11) is 0. The first kappa shape index (κ1) is 57.4. The van der Waals surface area contributed by atoms with Crippen LogP contribution in [0, 0.1) is 5.92 Å². The molecule has 58 heavy (non-hydrogen) atoms. The highest BCUT2D eigenvalue weighted by Gasteiger charge is 2.22. The topological polar surface area (TPSA) is 49.7 Å². The highest BCUT2D eigenvalue weighted by atomic mass is 16.5. The van der Waals surface area contributed by atoms with Crippen LogP contribution in [0.25, 0.3) is 0 Å². The summed E-state index contributed by atoms with van der Waals surface area (Å²) in [6, 6.07) is 0. The van der Waals surface area contributed by atoms with Crippen LogP contribution in [-0.2, 0) is 4.74 Å². The van der Waals surface area contributed by atoms with E-state index in [1.54, 1.807) is 0 Å². The first-order valence-electron chi connectivity index (χ1n) is 26.9. The minimum Gasteiger partial charge on any atom is -0.394 e. The molecular weight excluding hydrogens is 709 g/mol. The number of hydrogen-bond donors (Lipinski definition) is 2.